The van der Waals surface area contributed by atoms with E-state index in [0.29, 0.717) is 11.7 Å². The van der Waals surface area contributed by atoms with Crippen LogP contribution in [0, 0.1) is 10.7 Å². The second-order valence-corrected chi connectivity index (χ2v) is 5.60. The summed E-state index contributed by atoms with van der Waals surface area (Å²) in [6.07, 6.45) is 1.52. The van der Waals surface area contributed by atoms with E-state index in [1.807, 2.05) is 7.05 Å². The van der Waals surface area contributed by atoms with Crippen LogP contribution in [0.3, 0.4) is 0 Å². The van der Waals surface area contributed by atoms with Crippen molar-refractivity contribution in [3.05, 3.63) is 0 Å². The smallest absolute Gasteiger partial charge is 0.0416 e. The number of hydrogen-bond donors (Lipinski definition) is 1. The molecular weight excluding hydrogens is 148 g/mol. The van der Waals surface area contributed by atoms with Crippen molar-refractivity contribution in [3.63, 3.8) is 0 Å². The Morgan fingerprint density at radius 2 is 2.20 bits per heavy atom. The lowest BCUT2D eigenvalue weighted by atomic mass is 10.0. The van der Waals surface area contributed by atoms with Crippen LogP contribution in [0.1, 0.15) is 0 Å². The molecule has 0 aromatic heterocycles. The Bertz CT molecular complexity index is 204. The first-order valence-electron chi connectivity index (χ1n) is 3.37. The lowest BCUT2D eigenvalue weighted by molar-refractivity contribution is 0.152. The predicted molar refractivity (Wildman–Crippen MR) is 42.6 cm³/mol. The van der Waals surface area contributed by atoms with Crippen molar-refractivity contribution in [1.29, 1.82) is 4.78 Å². The van der Waals surface area contributed by atoms with E-state index < -0.39 is 9.73 Å². The molecule has 0 aliphatic carbocycles. The molecule has 1 rings (SSSR count). The maximum absolute atomic E-state index is 10.9. The first-order valence-corrected chi connectivity index (χ1v) is 5.51. The van der Waals surface area contributed by atoms with E-state index in [9.17, 15) is 4.21 Å². The van der Waals surface area contributed by atoms with Crippen LogP contribution in [-0.4, -0.2) is 41.3 Å². The maximum Gasteiger partial charge on any atom is 0.0416 e. The molecule has 1 N–H and O–H groups in total. The van der Waals surface area contributed by atoms with Crippen LogP contribution < -0.4 is 0 Å². The second-order valence-electron chi connectivity index (χ2n) is 3.26. The van der Waals surface area contributed by atoms with E-state index in [1.165, 1.54) is 6.26 Å². The average Bonchev–Trinajstić information content (AvgIpc) is 1.57. The molecule has 0 bridgehead atoms. The van der Waals surface area contributed by atoms with E-state index in [0.717, 1.165) is 13.1 Å². The third kappa shape index (κ3) is 2.27. The van der Waals surface area contributed by atoms with Crippen LogP contribution in [0.25, 0.3) is 0 Å². The molecule has 0 aromatic carbocycles. The third-order valence-electron chi connectivity index (χ3n) is 1.69. The lowest BCUT2D eigenvalue weighted by Crippen LogP contribution is -2.46. The molecule has 1 fully saturated rings. The van der Waals surface area contributed by atoms with Crippen LogP contribution in [0.5, 0.6) is 0 Å². The zero-order valence-corrected chi connectivity index (χ0v) is 7.28. The maximum atomic E-state index is 10.9. The zero-order chi connectivity index (χ0) is 7.78. The highest BCUT2D eigenvalue weighted by Gasteiger charge is 2.24. The summed E-state index contributed by atoms with van der Waals surface area (Å²) in [4.78, 5) is 2.18. The van der Waals surface area contributed by atoms with Gasteiger partial charge < -0.3 is 4.90 Å². The summed E-state index contributed by atoms with van der Waals surface area (Å²) in [6.45, 7) is 2.04. The van der Waals surface area contributed by atoms with Gasteiger partial charge in [-0.3, -0.25) is 8.99 Å². The molecule has 0 amide bonds. The van der Waals surface area contributed by atoms with Crippen LogP contribution in [0.4, 0.5) is 0 Å². The zero-order valence-electron chi connectivity index (χ0n) is 6.46. The summed E-state index contributed by atoms with van der Waals surface area (Å²) in [5.41, 5.74) is 0. The fraction of sp³-hybridized carbons (Fsp3) is 1.00. The number of nitrogens with one attached hydrogen (secondary N) is 1. The summed E-state index contributed by atoms with van der Waals surface area (Å²) in [7, 11) is -0.195. The van der Waals surface area contributed by atoms with Gasteiger partial charge in [0.2, 0.25) is 0 Å². The fourth-order valence-corrected chi connectivity index (χ4v) is 2.49. The first-order chi connectivity index (χ1) is 4.47. The van der Waals surface area contributed by atoms with Crippen LogP contribution in [0.15, 0.2) is 0 Å². The largest absolute Gasteiger partial charge is 0.306 e. The Hall–Kier alpha value is -0.0900. The van der Waals surface area contributed by atoms with Gasteiger partial charge in [0, 0.05) is 34.8 Å². The molecule has 0 radical (unpaired) electrons. The Morgan fingerprint density at radius 1 is 1.70 bits per heavy atom. The number of rotatable bonds is 2. The summed E-state index contributed by atoms with van der Waals surface area (Å²) in [5.74, 6) is 1.09. The molecule has 3 nitrogen and oxygen atoms in total. The molecule has 0 saturated carbocycles. The van der Waals surface area contributed by atoms with Gasteiger partial charge in [-0.25, -0.2) is 0 Å². The van der Waals surface area contributed by atoms with Crippen molar-refractivity contribution in [1.82, 2.24) is 4.90 Å². The van der Waals surface area contributed by atoms with Crippen molar-refractivity contribution in [2.75, 3.05) is 32.1 Å². The molecule has 4 heteroatoms. The van der Waals surface area contributed by atoms with Crippen molar-refractivity contribution < 1.29 is 4.21 Å². The van der Waals surface area contributed by atoms with Gasteiger partial charge in [-0.15, -0.1) is 0 Å². The minimum Gasteiger partial charge on any atom is -0.306 e. The normalized spacial score (nSPS) is 27.4. The molecule has 10 heavy (non-hydrogen) atoms. The van der Waals surface area contributed by atoms with E-state index >= 15 is 0 Å². The minimum atomic E-state index is -2.23. The average molecular weight is 162 g/mol. The molecule has 1 aliphatic rings. The van der Waals surface area contributed by atoms with Gasteiger partial charge in [0.1, 0.15) is 0 Å². The number of nitrogens with zero attached hydrogens (tertiary/aromatic N) is 1. The molecule has 1 heterocycles. The van der Waals surface area contributed by atoms with Crippen LogP contribution in [-0.2, 0) is 9.73 Å². The van der Waals surface area contributed by atoms with E-state index in [2.05, 4.69) is 4.90 Å². The highest BCUT2D eigenvalue weighted by atomic mass is 32.2. The van der Waals surface area contributed by atoms with Gasteiger partial charge in [0.15, 0.2) is 0 Å². The molecule has 1 atom stereocenters. The quantitative estimate of drug-likeness (QED) is 0.631. The molecular formula is C6H14N2OS. The lowest BCUT2D eigenvalue weighted by Gasteiger charge is -2.35. The Morgan fingerprint density at radius 3 is 2.50 bits per heavy atom. The molecule has 1 unspecified atom stereocenters. The van der Waals surface area contributed by atoms with Gasteiger partial charge >= 0.3 is 0 Å². The topological polar surface area (TPSA) is 44.2 Å². The fourth-order valence-electron chi connectivity index (χ4n) is 1.38. The number of likely N-dealkylation sites (tertiary alicyclic amines) is 1. The van der Waals surface area contributed by atoms with Gasteiger partial charge in [0.25, 0.3) is 0 Å². The highest BCUT2D eigenvalue weighted by Crippen LogP contribution is 2.14. The van der Waals surface area contributed by atoms with Gasteiger partial charge in [-0.05, 0) is 13.0 Å². The SMILES string of the molecule is CN1CC(CS(C)(=N)=O)C1. The van der Waals surface area contributed by atoms with E-state index in [1.54, 1.807) is 0 Å². The van der Waals surface area contributed by atoms with Crippen molar-refractivity contribution >= 4 is 9.73 Å². The molecule has 0 aromatic rings. The van der Waals surface area contributed by atoms with E-state index in [-0.39, 0.29) is 0 Å². The summed E-state index contributed by atoms with van der Waals surface area (Å²) in [5, 5.41) is 0. The summed E-state index contributed by atoms with van der Waals surface area (Å²) >= 11 is 0. The Kier molecular flexibility index (Phi) is 2.01. The molecule has 1 saturated heterocycles. The van der Waals surface area contributed by atoms with Crippen LogP contribution in [0.2, 0.25) is 0 Å². The monoisotopic (exact) mass is 162 g/mol. The number of hydrogen-bond acceptors (Lipinski definition) is 3. The second kappa shape index (κ2) is 2.51. The van der Waals surface area contributed by atoms with Crippen LogP contribution >= 0.6 is 0 Å². The Balaban J connectivity index is 2.30. The first kappa shape index (κ1) is 8.01. The van der Waals surface area contributed by atoms with E-state index in [4.69, 9.17) is 4.78 Å². The summed E-state index contributed by atoms with van der Waals surface area (Å²) < 4.78 is 18.1. The predicted octanol–water partition coefficient (Wildman–Crippen LogP) is 0.225. The van der Waals surface area contributed by atoms with Gasteiger partial charge in [-0.1, -0.05) is 0 Å². The highest BCUT2D eigenvalue weighted by molar-refractivity contribution is 7.91. The van der Waals surface area contributed by atoms with Crippen molar-refractivity contribution in [3.8, 4) is 0 Å². The van der Waals surface area contributed by atoms with Gasteiger partial charge in [0.05, 0.1) is 0 Å². The summed E-state index contributed by atoms with van der Waals surface area (Å²) in [6, 6.07) is 0. The molecule has 1 aliphatic heterocycles. The van der Waals surface area contributed by atoms with Crippen molar-refractivity contribution in [2.24, 2.45) is 5.92 Å². The standard InChI is InChI=1S/C6H14N2OS/c1-8-3-6(4-8)5-10(2,7)9/h6-7H,3-5H2,1-2H3. The van der Waals surface area contributed by atoms with Gasteiger partial charge in [-0.2, -0.15) is 0 Å². The molecule has 0 spiro atoms. The Labute approximate surface area is 62.4 Å². The molecule has 60 valence electrons. The minimum absolute atomic E-state index is 0.514. The third-order valence-corrected chi connectivity index (χ3v) is 2.80. The van der Waals surface area contributed by atoms with Crippen molar-refractivity contribution in [2.45, 2.75) is 0 Å².